The Hall–Kier alpha value is -8.31. The normalized spacial score (nSPS) is 11.2. The fourth-order valence-electron chi connectivity index (χ4n) is 8.60. The van der Waals surface area contributed by atoms with Crippen molar-refractivity contribution >= 4 is 43.6 Å². The predicted octanol–water partition coefficient (Wildman–Crippen LogP) is 11.9. The molecule has 0 spiro atoms. The highest BCUT2D eigenvalue weighted by atomic mass is 15.0. The van der Waals surface area contributed by atoms with Gasteiger partial charge in [-0.2, -0.15) is 15.8 Å². The first-order valence-electron chi connectivity index (χ1n) is 18.9. The molecular formula is C51H31N7. The lowest BCUT2D eigenvalue weighted by Gasteiger charge is -2.21. The van der Waals surface area contributed by atoms with Crippen LogP contribution >= 0.6 is 0 Å². The van der Waals surface area contributed by atoms with Crippen molar-refractivity contribution in [2.24, 2.45) is 0 Å². The van der Waals surface area contributed by atoms with E-state index in [0.29, 0.717) is 28.2 Å². The van der Waals surface area contributed by atoms with E-state index in [0.717, 1.165) is 88.5 Å². The van der Waals surface area contributed by atoms with E-state index in [2.05, 4.69) is 93.0 Å². The molecule has 0 aliphatic carbocycles. The van der Waals surface area contributed by atoms with Crippen molar-refractivity contribution in [1.82, 2.24) is 19.1 Å². The number of aryl methyl sites for hydroxylation is 2. The minimum atomic E-state index is 0.477. The van der Waals surface area contributed by atoms with Gasteiger partial charge in [0, 0.05) is 32.8 Å². The lowest BCUT2D eigenvalue weighted by atomic mass is 9.98. The largest absolute Gasteiger partial charge is 0.308 e. The van der Waals surface area contributed by atoms with Crippen molar-refractivity contribution in [2.75, 3.05) is 0 Å². The minimum absolute atomic E-state index is 0.477. The van der Waals surface area contributed by atoms with Gasteiger partial charge >= 0.3 is 0 Å². The van der Waals surface area contributed by atoms with E-state index in [-0.39, 0.29) is 0 Å². The molecule has 0 saturated carbocycles. The van der Waals surface area contributed by atoms with Crippen LogP contribution in [-0.2, 0) is 0 Å². The SMILES string of the molecule is Cc1cc(-c2c(-n3c4ccccc4c4ccc(-c5ccccc5C#N)cc43)cc(C#N)cc2-n2c3ccccc3c3ccc(-c4ccccc4C#N)cc32)nc(C)n1. The van der Waals surface area contributed by atoms with Crippen molar-refractivity contribution in [3.05, 3.63) is 180 Å². The van der Waals surface area contributed by atoms with Crippen LogP contribution in [0.15, 0.2) is 152 Å². The van der Waals surface area contributed by atoms with E-state index >= 15 is 0 Å². The number of nitriles is 3. The van der Waals surface area contributed by atoms with Gasteiger partial charge in [0.05, 0.1) is 74.0 Å². The molecule has 0 unspecified atom stereocenters. The first kappa shape index (κ1) is 34.2. The Kier molecular flexibility index (Phi) is 7.94. The van der Waals surface area contributed by atoms with Crippen LogP contribution in [0.25, 0.3) is 88.5 Å². The maximum absolute atomic E-state index is 10.8. The van der Waals surface area contributed by atoms with Crippen LogP contribution in [0.4, 0.5) is 0 Å². The van der Waals surface area contributed by atoms with Gasteiger partial charge in [0.25, 0.3) is 0 Å². The maximum atomic E-state index is 10.8. The molecule has 270 valence electrons. The molecule has 0 atom stereocenters. The summed E-state index contributed by atoms with van der Waals surface area (Å²) in [6.07, 6.45) is 0. The molecule has 7 nitrogen and oxygen atoms in total. The van der Waals surface area contributed by atoms with Crippen LogP contribution in [0.2, 0.25) is 0 Å². The van der Waals surface area contributed by atoms with Gasteiger partial charge in [-0.05, 0) is 90.7 Å². The van der Waals surface area contributed by atoms with Gasteiger partial charge in [0.15, 0.2) is 0 Å². The Morgan fingerprint density at radius 3 is 1.40 bits per heavy atom. The van der Waals surface area contributed by atoms with E-state index in [1.807, 2.05) is 105 Å². The van der Waals surface area contributed by atoms with Crippen LogP contribution < -0.4 is 0 Å². The minimum Gasteiger partial charge on any atom is -0.308 e. The molecule has 7 aromatic carbocycles. The fourth-order valence-corrected chi connectivity index (χ4v) is 8.60. The van der Waals surface area contributed by atoms with Crippen LogP contribution in [0.1, 0.15) is 28.2 Å². The molecule has 0 fully saturated rings. The summed E-state index contributed by atoms with van der Waals surface area (Å²) in [6, 6.07) is 57.7. The second-order valence-electron chi connectivity index (χ2n) is 14.4. The van der Waals surface area contributed by atoms with E-state index in [1.165, 1.54) is 0 Å². The van der Waals surface area contributed by atoms with E-state index in [1.54, 1.807) is 0 Å². The van der Waals surface area contributed by atoms with Gasteiger partial charge < -0.3 is 9.13 Å². The van der Waals surface area contributed by atoms with Crippen molar-refractivity contribution in [1.29, 1.82) is 15.8 Å². The van der Waals surface area contributed by atoms with Crippen molar-refractivity contribution < 1.29 is 0 Å². The predicted molar refractivity (Wildman–Crippen MR) is 231 cm³/mol. The molecule has 0 N–H and O–H groups in total. The highest BCUT2D eigenvalue weighted by Crippen LogP contribution is 2.44. The number of benzene rings is 7. The quantitative estimate of drug-likeness (QED) is 0.174. The Labute approximate surface area is 334 Å². The van der Waals surface area contributed by atoms with E-state index in [4.69, 9.17) is 4.98 Å². The maximum Gasteiger partial charge on any atom is 0.126 e. The van der Waals surface area contributed by atoms with Gasteiger partial charge in [-0.25, -0.2) is 9.97 Å². The van der Waals surface area contributed by atoms with Crippen molar-refractivity contribution in [3.8, 4) is 63.1 Å². The fraction of sp³-hybridized carbons (Fsp3) is 0.0392. The molecule has 3 heterocycles. The summed E-state index contributed by atoms with van der Waals surface area (Å²) in [6.45, 7) is 3.87. The molecule has 58 heavy (non-hydrogen) atoms. The number of rotatable bonds is 5. The highest BCUT2D eigenvalue weighted by molar-refractivity contribution is 6.13. The molecule has 3 aromatic heterocycles. The third-order valence-electron chi connectivity index (χ3n) is 11.0. The van der Waals surface area contributed by atoms with Crippen LogP contribution in [-0.4, -0.2) is 19.1 Å². The molecule has 0 aliphatic rings. The summed E-state index contributed by atoms with van der Waals surface area (Å²) >= 11 is 0. The number of hydrogen-bond donors (Lipinski definition) is 0. The number of hydrogen-bond acceptors (Lipinski definition) is 5. The molecule has 7 heteroatoms. The number of fused-ring (bicyclic) bond motifs is 6. The van der Waals surface area contributed by atoms with E-state index in [9.17, 15) is 15.8 Å². The molecule has 10 rings (SSSR count). The van der Waals surface area contributed by atoms with Gasteiger partial charge in [0.1, 0.15) is 5.82 Å². The topological polar surface area (TPSA) is 107 Å². The monoisotopic (exact) mass is 741 g/mol. The number of aromatic nitrogens is 4. The van der Waals surface area contributed by atoms with Crippen LogP contribution in [0, 0.1) is 47.8 Å². The second-order valence-corrected chi connectivity index (χ2v) is 14.4. The molecule has 10 aromatic rings. The Balaban J connectivity index is 1.38. The number of para-hydroxylation sites is 2. The lowest BCUT2D eigenvalue weighted by Crippen LogP contribution is -2.07. The van der Waals surface area contributed by atoms with E-state index < -0.39 is 0 Å². The van der Waals surface area contributed by atoms with Crippen LogP contribution in [0.3, 0.4) is 0 Å². The molecular weight excluding hydrogens is 711 g/mol. The molecule has 0 amide bonds. The summed E-state index contributed by atoms with van der Waals surface area (Å²) in [5.74, 6) is 0.631. The van der Waals surface area contributed by atoms with Crippen molar-refractivity contribution in [3.63, 3.8) is 0 Å². The molecule has 0 bridgehead atoms. The second kappa shape index (κ2) is 13.5. The van der Waals surface area contributed by atoms with Gasteiger partial charge in [-0.1, -0.05) is 97.1 Å². The Morgan fingerprint density at radius 1 is 0.448 bits per heavy atom. The summed E-state index contributed by atoms with van der Waals surface area (Å²) in [5.41, 5.74) is 12.9. The van der Waals surface area contributed by atoms with Gasteiger partial charge in [0.2, 0.25) is 0 Å². The standard InChI is InChI=1S/C51H31N7/c1-31-23-44(56-32(2)55-31)51-49(57-45-17-9-7-15-40(45)42-21-19-34(26-47(42)57)38-13-5-3-11-36(38)29-53)24-33(28-52)25-50(51)58-46-18-10-8-16-41(46)43-22-20-35(27-48(43)58)39-14-6-4-12-37(39)30-54/h3-27H,1-2H3. The Morgan fingerprint density at radius 2 is 0.914 bits per heavy atom. The third kappa shape index (κ3) is 5.33. The smallest absolute Gasteiger partial charge is 0.126 e. The van der Waals surface area contributed by atoms with Gasteiger partial charge in [-0.15, -0.1) is 0 Å². The third-order valence-corrected chi connectivity index (χ3v) is 11.0. The summed E-state index contributed by atoms with van der Waals surface area (Å²) in [4.78, 5) is 9.78. The van der Waals surface area contributed by atoms with Gasteiger partial charge in [-0.3, -0.25) is 0 Å². The van der Waals surface area contributed by atoms with Crippen LogP contribution in [0.5, 0.6) is 0 Å². The first-order valence-corrected chi connectivity index (χ1v) is 18.9. The summed E-state index contributed by atoms with van der Waals surface area (Å²) in [5, 5.41) is 35.2. The lowest BCUT2D eigenvalue weighted by molar-refractivity contribution is 1.01. The summed E-state index contributed by atoms with van der Waals surface area (Å²) < 4.78 is 4.47. The molecule has 0 radical (unpaired) electrons. The Bertz CT molecular complexity index is 3260. The average Bonchev–Trinajstić information content (AvgIpc) is 3.77. The highest BCUT2D eigenvalue weighted by Gasteiger charge is 2.25. The molecule has 0 aliphatic heterocycles. The zero-order chi connectivity index (χ0) is 39.5. The van der Waals surface area contributed by atoms with Crippen molar-refractivity contribution in [2.45, 2.75) is 13.8 Å². The zero-order valence-corrected chi connectivity index (χ0v) is 31.6. The average molecular weight is 742 g/mol. The summed E-state index contributed by atoms with van der Waals surface area (Å²) in [7, 11) is 0. The number of nitrogens with zero attached hydrogens (tertiary/aromatic N) is 7. The zero-order valence-electron chi connectivity index (χ0n) is 31.6. The molecule has 0 saturated heterocycles. The first-order chi connectivity index (χ1) is 28.4.